The molecule has 5 nitrogen and oxygen atoms in total. The number of aliphatic carboxylic acids is 1. The van der Waals surface area contributed by atoms with Gasteiger partial charge in [0, 0.05) is 18.5 Å². The van der Waals surface area contributed by atoms with Crippen LogP contribution >= 0.6 is 0 Å². The monoisotopic (exact) mass is 290 g/mol. The molecular weight excluding hydrogens is 268 g/mol. The maximum absolute atomic E-state index is 11.7. The van der Waals surface area contributed by atoms with Crippen LogP contribution in [0.1, 0.15) is 37.7 Å². The van der Waals surface area contributed by atoms with Crippen LogP contribution < -0.4 is 10.6 Å². The van der Waals surface area contributed by atoms with E-state index in [9.17, 15) is 9.59 Å². The molecule has 1 saturated carbocycles. The largest absolute Gasteiger partial charge is 0.481 e. The SMILES string of the molecule is O=C(O)CCNC(=O)NCC1(c2ccccc2)CCCC1. The summed E-state index contributed by atoms with van der Waals surface area (Å²) in [5.74, 6) is -0.910. The average molecular weight is 290 g/mol. The van der Waals surface area contributed by atoms with Gasteiger partial charge in [-0.1, -0.05) is 43.2 Å². The van der Waals surface area contributed by atoms with Crippen molar-refractivity contribution in [2.45, 2.75) is 37.5 Å². The first-order chi connectivity index (χ1) is 10.1. The van der Waals surface area contributed by atoms with E-state index in [1.54, 1.807) is 0 Å². The molecule has 0 aromatic heterocycles. The fourth-order valence-corrected chi connectivity index (χ4v) is 3.01. The van der Waals surface area contributed by atoms with Gasteiger partial charge in [-0.3, -0.25) is 4.79 Å². The number of amides is 2. The molecule has 0 aliphatic heterocycles. The summed E-state index contributed by atoms with van der Waals surface area (Å²) >= 11 is 0. The van der Waals surface area contributed by atoms with Gasteiger partial charge in [0.05, 0.1) is 6.42 Å². The summed E-state index contributed by atoms with van der Waals surface area (Å²) in [4.78, 5) is 22.2. The van der Waals surface area contributed by atoms with Crippen LogP contribution in [-0.4, -0.2) is 30.2 Å². The third-order valence-corrected chi connectivity index (χ3v) is 4.16. The number of carbonyl (C=O) groups excluding carboxylic acids is 1. The Labute approximate surface area is 124 Å². The van der Waals surface area contributed by atoms with Gasteiger partial charge in [-0.05, 0) is 18.4 Å². The van der Waals surface area contributed by atoms with Crippen molar-refractivity contribution < 1.29 is 14.7 Å². The maximum Gasteiger partial charge on any atom is 0.314 e. The zero-order chi connectivity index (χ0) is 15.1. The topological polar surface area (TPSA) is 78.4 Å². The highest BCUT2D eigenvalue weighted by Crippen LogP contribution is 2.40. The lowest BCUT2D eigenvalue weighted by Crippen LogP contribution is -2.44. The van der Waals surface area contributed by atoms with Crippen LogP contribution in [0.15, 0.2) is 30.3 Å². The third-order valence-electron chi connectivity index (χ3n) is 4.16. The summed E-state index contributed by atoms with van der Waals surface area (Å²) < 4.78 is 0. The minimum atomic E-state index is -0.910. The highest BCUT2D eigenvalue weighted by Gasteiger charge is 2.35. The van der Waals surface area contributed by atoms with Gasteiger partial charge in [0.15, 0.2) is 0 Å². The van der Waals surface area contributed by atoms with Crippen molar-refractivity contribution in [3.63, 3.8) is 0 Å². The molecule has 1 aromatic carbocycles. The normalized spacial score (nSPS) is 16.4. The molecule has 0 saturated heterocycles. The molecule has 1 aromatic rings. The van der Waals surface area contributed by atoms with Crippen LogP contribution in [0.5, 0.6) is 0 Å². The van der Waals surface area contributed by atoms with Gasteiger partial charge in [0.25, 0.3) is 0 Å². The van der Waals surface area contributed by atoms with E-state index in [4.69, 9.17) is 5.11 Å². The first-order valence-corrected chi connectivity index (χ1v) is 7.41. The first-order valence-electron chi connectivity index (χ1n) is 7.41. The van der Waals surface area contributed by atoms with Crippen molar-refractivity contribution in [1.82, 2.24) is 10.6 Å². The number of benzene rings is 1. The summed E-state index contributed by atoms with van der Waals surface area (Å²) in [6.07, 6.45) is 4.45. The van der Waals surface area contributed by atoms with E-state index in [1.165, 1.54) is 18.4 Å². The Hall–Kier alpha value is -2.04. The zero-order valence-corrected chi connectivity index (χ0v) is 12.1. The lowest BCUT2D eigenvalue weighted by Gasteiger charge is -2.30. The summed E-state index contributed by atoms with van der Waals surface area (Å²) in [5.41, 5.74) is 1.29. The van der Waals surface area contributed by atoms with Crippen LogP contribution in [0.3, 0.4) is 0 Å². The van der Waals surface area contributed by atoms with Gasteiger partial charge in [0.2, 0.25) is 0 Å². The van der Waals surface area contributed by atoms with Crippen LogP contribution in [0.25, 0.3) is 0 Å². The number of carboxylic acids is 1. The Balaban J connectivity index is 1.89. The minimum Gasteiger partial charge on any atom is -0.481 e. The van der Waals surface area contributed by atoms with E-state index in [1.807, 2.05) is 18.2 Å². The average Bonchev–Trinajstić information content (AvgIpc) is 2.96. The molecule has 0 radical (unpaired) electrons. The highest BCUT2D eigenvalue weighted by molar-refractivity contribution is 5.75. The number of hydrogen-bond donors (Lipinski definition) is 3. The number of nitrogens with one attached hydrogen (secondary N) is 2. The van der Waals surface area contributed by atoms with Crippen LogP contribution in [0, 0.1) is 0 Å². The van der Waals surface area contributed by atoms with Crippen LogP contribution in [0.4, 0.5) is 4.79 Å². The van der Waals surface area contributed by atoms with Crippen molar-refractivity contribution in [3.05, 3.63) is 35.9 Å². The second-order valence-electron chi connectivity index (χ2n) is 5.61. The molecule has 5 heteroatoms. The molecule has 2 rings (SSSR count). The molecule has 1 fully saturated rings. The van der Waals surface area contributed by atoms with E-state index >= 15 is 0 Å². The molecule has 0 unspecified atom stereocenters. The molecule has 21 heavy (non-hydrogen) atoms. The smallest absolute Gasteiger partial charge is 0.314 e. The van der Waals surface area contributed by atoms with Crippen LogP contribution in [-0.2, 0) is 10.2 Å². The van der Waals surface area contributed by atoms with Crippen molar-refractivity contribution in [3.8, 4) is 0 Å². The fourth-order valence-electron chi connectivity index (χ4n) is 3.01. The Morgan fingerprint density at radius 1 is 1.10 bits per heavy atom. The lowest BCUT2D eigenvalue weighted by molar-refractivity contribution is -0.136. The quantitative estimate of drug-likeness (QED) is 0.752. The fraction of sp³-hybridized carbons (Fsp3) is 0.500. The zero-order valence-electron chi connectivity index (χ0n) is 12.1. The highest BCUT2D eigenvalue weighted by atomic mass is 16.4. The van der Waals surface area contributed by atoms with Gasteiger partial charge >= 0.3 is 12.0 Å². The number of urea groups is 1. The lowest BCUT2D eigenvalue weighted by atomic mass is 9.79. The minimum absolute atomic E-state index is 0.0192. The predicted octanol–water partition coefficient (Wildman–Crippen LogP) is 2.27. The summed E-state index contributed by atoms with van der Waals surface area (Å²) in [6.45, 7) is 0.745. The van der Waals surface area contributed by atoms with Gasteiger partial charge in [-0.15, -0.1) is 0 Å². The Morgan fingerprint density at radius 3 is 2.38 bits per heavy atom. The van der Waals surface area contributed by atoms with Crippen molar-refractivity contribution in [2.75, 3.05) is 13.1 Å². The molecule has 0 spiro atoms. The molecule has 1 aliphatic rings. The van der Waals surface area contributed by atoms with Gasteiger partial charge in [-0.2, -0.15) is 0 Å². The molecule has 1 aliphatic carbocycles. The van der Waals surface area contributed by atoms with Crippen molar-refractivity contribution >= 4 is 12.0 Å². The van der Waals surface area contributed by atoms with Gasteiger partial charge in [-0.25, -0.2) is 4.79 Å². The summed E-state index contributed by atoms with van der Waals surface area (Å²) in [6, 6.07) is 10.0. The number of carbonyl (C=O) groups is 2. The van der Waals surface area contributed by atoms with E-state index < -0.39 is 5.97 Å². The van der Waals surface area contributed by atoms with Gasteiger partial charge < -0.3 is 15.7 Å². The predicted molar refractivity (Wildman–Crippen MR) is 80.2 cm³/mol. The van der Waals surface area contributed by atoms with Gasteiger partial charge in [0.1, 0.15) is 0 Å². The molecule has 114 valence electrons. The third kappa shape index (κ3) is 4.21. The molecule has 0 heterocycles. The molecular formula is C16H22N2O3. The van der Waals surface area contributed by atoms with E-state index in [-0.39, 0.29) is 24.4 Å². The second-order valence-corrected chi connectivity index (χ2v) is 5.61. The van der Waals surface area contributed by atoms with E-state index in [0.29, 0.717) is 6.54 Å². The number of hydrogen-bond acceptors (Lipinski definition) is 2. The van der Waals surface area contributed by atoms with E-state index in [0.717, 1.165) is 12.8 Å². The standard InChI is InChI=1S/C16H22N2O3/c19-14(20)8-11-17-15(21)18-12-16(9-4-5-10-16)13-6-2-1-3-7-13/h1-3,6-7H,4-5,8-12H2,(H,19,20)(H2,17,18,21). The summed E-state index contributed by atoms with van der Waals surface area (Å²) in [7, 11) is 0. The Bertz CT molecular complexity index is 482. The van der Waals surface area contributed by atoms with Crippen molar-refractivity contribution in [2.24, 2.45) is 0 Å². The Kier molecular flexibility index (Phi) is 5.20. The molecule has 0 bridgehead atoms. The first kappa shape index (κ1) is 15.4. The van der Waals surface area contributed by atoms with Crippen molar-refractivity contribution in [1.29, 1.82) is 0 Å². The van der Waals surface area contributed by atoms with E-state index in [2.05, 4.69) is 22.8 Å². The maximum atomic E-state index is 11.7. The molecule has 2 amide bonds. The number of carboxylic acid groups (broad SMARTS) is 1. The number of rotatable bonds is 6. The second kappa shape index (κ2) is 7.11. The Morgan fingerprint density at radius 2 is 1.76 bits per heavy atom. The molecule has 3 N–H and O–H groups in total. The molecule has 0 atom stereocenters. The van der Waals surface area contributed by atoms with Crippen LogP contribution in [0.2, 0.25) is 0 Å². The summed E-state index contributed by atoms with van der Waals surface area (Å²) in [5, 5.41) is 14.0.